The molecule has 26 heavy (non-hydrogen) atoms. The highest BCUT2D eigenvalue weighted by Crippen LogP contribution is 2.16. The van der Waals surface area contributed by atoms with Crippen molar-refractivity contribution in [2.75, 3.05) is 37.7 Å². The molecule has 0 atom stereocenters. The summed E-state index contributed by atoms with van der Waals surface area (Å²) in [5.74, 6) is 0.626. The van der Waals surface area contributed by atoms with Crippen LogP contribution in [-0.4, -0.2) is 65.7 Å². The quantitative estimate of drug-likeness (QED) is 0.880. The van der Waals surface area contributed by atoms with Crippen molar-refractivity contribution in [3.8, 4) is 0 Å². The van der Waals surface area contributed by atoms with Gasteiger partial charge >= 0.3 is 6.09 Å². The topological polar surface area (TPSA) is 87.7 Å². The summed E-state index contributed by atoms with van der Waals surface area (Å²) < 4.78 is 5.01. The summed E-state index contributed by atoms with van der Waals surface area (Å²) in [5, 5.41) is 2.99. The Kier molecular flexibility index (Phi) is 6.25. The summed E-state index contributed by atoms with van der Waals surface area (Å²) in [6.45, 7) is 5.34. The van der Waals surface area contributed by atoms with Crippen LogP contribution in [0, 0.1) is 0 Å². The lowest BCUT2D eigenvalue weighted by Gasteiger charge is -2.31. The number of rotatable bonds is 4. The predicted octanol–water partition coefficient (Wildman–Crippen LogP) is 1.82. The molecule has 0 aliphatic carbocycles. The van der Waals surface area contributed by atoms with E-state index in [9.17, 15) is 9.59 Å². The van der Waals surface area contributed by atoms with E-state index < -0.39 is 0 Å². The van der Waals surface area contributed by atoms with Crippen molar-refractivity contribution in [3.05, 3.63) is 18.1 Å². The number of likely N-dealkylation sites (tertiary alicyclic amines) is 1. The van der Waals surface area contributed by atoms with E-state index in [1.807, 2.05) is 0 Å². The van der Waals surface area contributed by atoms with Crippen LogP contribution in [0.4, 0.5) is 10.6 Å². The van der Waals surface area contributed by atoms with Gasteiger partial charge in [-0.3, -0.25) is 4.79 Å². The van der Waals surface area contributed by atoms with Crippen molar-refractivity contribution in [1.82, 2.24) is 20.2 Å². The number of hydrogen-bond donors (Lipinski definition) is 1. The van der Waals surface area contributed by atoms with E-state index in [1.54, 1.807) is 24.2 Å². The molecule has 8 heteroatoms. The molecule has 0 aromatic carbocycles. The van der Waals surface area contributed by atoms with E-state index in [-0.39, 0.29) is 18.0 Å². The van der Waals surface area contributed by atoms with Crippen LogP contribution in [-0.2, 0) is 4.74 Å². The standard InChI is InChI=1S/C18H27N5O3/c1-2-26-18(25)23-10-6-14(7-11-23)21-17(24)15-12-20-16(13-19-15)22-8-4-3-5-9-22/h12-14H,2-11H2,1H3,(H,21,24). The van der Waals surface area contributed by atoms with E-state index in [4.69, 9.17) is 4.74 Å². The molecule has 142 valence electrons. The van der Waals surface area contributed by atoms with Gasteiger partial charge in [-0.1, -0.05) is 0 Å². The molecule has 3 rings (SSSR count). The summed E-state index contributed by atoms with van der Waals surface area (Å²) >= 11 is 0. The van der Waals surface area contributed by atoms with Crippen LogP contribution in [0.5, 0.6) is 0 Å². The maximum Gasteiger partial charge on any atom is 0.409 e. The second-order valence-corrected chi connectivity index (χ2v) is 6.74. The number of anilines is 1. The van der Waals surface area contributed by atoms with Crippen LogP contribution >= 0.6 is 0 Å². The molecule has 2 fully saturated rings. The maximum atomic E-state index is 12.4. The summed E-state index contributed by atoms with van der Waals surface area (Å²) in [7, 11) is 0. The van der Waals surface area contributed by atoms with Gasteiger partial charge in [-0.15, -0.1) is 0 Å². The number of aromatic nitrogens is 2. The Hall–Kier alpha value is -2.38. The molecule has 0 bridgehead atoms. The third kappa shape index (κ3) is 4.62. The first kappa shape index (κ1) is 18.4. The van der Waals surface area contributed by atoms with Gasteiger partial charge in [-0.25, -0.2) is 14.8 Å². The van der Waals surface area contributed by atoms with E-state index >= 15 is 0 Å². The minimum Gasteiger partial charge on any atom is -0.450 e. The summed E-state index contributed by atoms with van der Waals surface area (Å²) in [6.07, 6.45) is 7.99. The molecule has 2 aliphatic rings. The van der Waals surface area contributed by atoms with E-state index in [2.05, 4.69) is 20.2 Å². The van der Waals surface area contributed by atoms with Crippen LogP contribution in [0.3, 0.4) is 0 Å². The van der Waals surface area contributed by atoms with Crippen LogP contribution in [0.1, 0.15) is 49.5 Å². The Labute approximate surface area is 153 Å². The average Bonchev–Trinajstić information content (AvgIpc) is 2.69. The molecule has 0 spiro atoms. The minimum absolute atomic E-state index is 0.0387. The number of nitrogens with zero attached hydrogens (tertiary/aromatic N) is 4. The number of ether oxygens (including phenoxy) is 1. The number of piperidine rings is 2. The molecule has 0 unspecified atom stereocenters. The van der Waals surface area contributed by atoms with Crippen molar-refractivity contribution in [3.63, 3.8) is 0 Å². The molecule has 1 aromatic rings. The second-order valence-electron chi connectivity index (χ2n) is 6.74. The molecule has 2 aliphatic heterocycles. The first-order valence-corrected chi connectivity index (χ1v) is 9.47. The normalized spacial score (nSPS) is 18.5. The fourth-order valence-electron chi connectivity index (χ4n) is 3.41. The number of hydrogen-bond acceptors (Lipinski definition) is 6. The van der Waals surface area contributed by atoms with E-state index in [1.165, 1.54) is 19.3 Å². The molecule has 1 aromatic heterocycles. The van der Waals surface area contributed by atoms with Gasteiger partial charge < -0.3 is 19.9 Å². The lowest BCUT2D eigenvalue weighted by Crippen LogP contribution is -2.46. The molecular formula is C18H27N5O3. The predicted molar refractivity (Wildman–Crippen MR) is 97.2 cm³/mol. The second kappa shape index (κ2) is 8.82. The fraction of sp³-hybridized carbons (Fsp3) is 0.667. The van der Waals surface area contributed by atoms with Gasteiger partial charge in [0.15, 0.2) is 0 Å². The van der Waals surface area contributed by atoms with Gasteiger partial charge in [-0.2, -0.15) is 0 Å². The van der Waals surface area contributed by atoms with Gasteiger partial charge in [0.25, 0.3) is 5.91 Å². The lowest BCUT2D eigenvalue weighted by atomic mass is 10.1. The van der Waals surface area contributed by atoms with Crippen molar-refractivity contribution in [2.24, 2.45) is 0 Å². The van der Waals surface area contributed by atoms with Gasteiger partial charge in [0.05, 0.1) is 19.0 Å². The molecule has 3 heterocycles. The Bertz CT molecular complexity index is 608. The number of nitrogens with one attached hydrogen (secondary N) is 1. The lowest BCUT2D eigenvalue weighted by molar-refractivity contribution is 0.0856. The summed E-state index contributed by atoms with van der Waals surface area (Å²) in [5.41, 5.74) is 0.332. The highest BCUT2D eigenvalue weighted by molar-refractivity contribution is 5.92. The Morgan fingerprint density at radius 2 is 1.85 bits per heavy atom. The largest absolute Gasteiger partial charge is 0.450 e. The minimum atomic E-state index is -0.281. The molecule has 0 saturated carbocycles. The molecule has 0 radical (unpaired) electrons. The third-order valence-electron chi connectivity index (χ3n) is 4.91. The molecule has 2 amide bonds. The van der Waals surface area contributed by atoms with Crippen LogP contribution in [0.25, 0.3) is 0 Å². The SMILES string of the molecule is CCOC(=O)N1CCC(NC(=O)c2cnc(N3CCCCC3)cn2)CC1. The van der Waals surface area contributed by atoms with E-state index in [0.717, 1.165) is 18.9 Å². The highest BCUT2D eigenvalue weighted by Gasteiger charge is 2.25. The van der Waals surface area contributed by atoms with Crippen LogP contribution < -0.4 is 10.2 Å². The van der Waals surface area contributed by atoms with Crippen molar-refractivity contribution in [2.45, 2.75) is 45.1 Å². The number of carbonyl (C=O) groups is 2. The zero-order valence-electron chi connectivity index (χ0n) is 15.3. The average molecular weight is 361 g/mol. The number of carbonyl (C=O) groups excluding carboxylic acids is 2. The van der Waals surface area contributed by atoms with Gasteiger partial charge in [0.2, 0.25) is 0 Å². The first-order chi connectivity index (χ1) is 12.7. The fourth-order valence-corrected chi connectivity index (χ4v) is 3.41. The third-order valence-corrected chi connectivity index (χ3v) is 4.91. The molecular weight excluding hydrogens is 334 g/mol. The highest BCUT2D eigenvalue weighted by atomic mass is 16.6. The van der Waals surface area contributed by atoms with Crippen LogP contribution in [0.2, 0.25) is 0 Å². The van der Waals surface area contributed by atoms with Crippen molar-refractivity contribution >= 4 is 17.8 Å². The first-order valence-electron chi connectivity index (χ1n) is 9.47. The molecule has 1 N–H and O–H groups in total. The van der Waals surface area contributed by atoms with Gasteiger partial charge in [0.1, 0.15) is 11.5 Å². The Balaban J connectivity index is 1.48. The van der Waals surface area contributed by atoms with Crippen molar-refractivity contribution in [1.29, 1.82) is 0 Å². The number of amides is 2. The smallest absolute Gasteiger partial charge is 0.409 e. The summed E-state index contributed by atoms with van der Waals surface area (Å²) in [4.78, 5) is 36.7. The maximum absolute atomic E-state index is 12.4. The molecule has 8 nitrogen and oxygen atoms in total. The Morgan fingerprint density at radius 1 is 1.12 bits per heavy atom. The Morgan fingerprint density at radius 3 is 2.46 bits per heavy atom. The van der Waals surface area contributed by atoms with Crippen molar-refractivity contribution < 1.29 is 14.3 Å². The van der Waals surface area contributed by atoms with E-state index in [0.29, 0.717) is 38.2 Å². The molecule has 2 saturated heterocycles. The van der Waals surface area contributed by atoms with Gasteiger partial charge in [-0.05, 0) is 39.0 Å². The zero-order valence-corrected chi connectivity index (χ0v) is 15.3. The zero-order chi connectivity index (χ0) is 18.4. The van der Waals surface area contributed by atoms with Crippen LogP contribution in [0.15, 0.2) is 12.4 Å². The summed E-state index contributed by atoms with van der Waals surface area (Å²) in [6, 6.07) is 0.0387. The van der Waals surface area contributed by atoms with Gasteiger partial charge in [0, 0.05) is 32.2 Å². The monoisotopic (exact) mass is 361 g/mol.